The molecular weight excluding hydrogens is 263 g/mol. The topological polar surface area (TPSA) is 53.4 Å². The molecule has 2 rings (SSSR count). The monoisotopic (exact) mass is 280 g/mol. The van der Waals surface area contributed by atoms with E-state index in [1.165, 1.54) is 0 Å². The number of aromatic nitrogens is 2. The zero-order valence-electron chi connectivity index (χ0n) is 11.0. The fourth-order valence-electron chi connectivity index (χ4n) is 1.69. The molecule has 0 fully saturated rings. The Bertz CT molecular complexity index is 558. The largest absolute Gasteiger partial charge is 0.381 e. The van der Waals surface area contributed by atoms with Crippen LogP contribution in [0.25, 0.3) is 5.69 Å². The number of nitrogens with zero attached hydrogens (tertiary/aromatic N) is 2. The van der Waals surface area contributed by atoms with Crippen LogP contribution in [0.2, 0.25) is 0 Å². The summed E-state index contributed by atoms with van der Waals surface area (Å²) in [5.74, 6) is 0. The van der Waals surface area contributed by atoms with Gasteiger partial charge < -0.3 is 9.05 Å². The predicted octanol–water partition coefficient (Wildman–Crippen LogP) is 2.76. The third kappa shape index (κ3) is 3.13. The fraction of sp³-hybridized carbons (Fsp3) is 0.308. The lowest BCUT2D eigenvalue weighted by molar-refractivity contribution is 0.229. The van der Waals surface area contributed by atoms with Crippen LogP contribution >= 0.6 is 7.60 Å². The van der Waals surface area contributed by atoms with Gasteiger partial charge in [-0.1, -0.05) is 18.2 Å². The summed E-state index contributed by atoms with van der Waals surface area (Å²) in [4.78, 5) is 0. The van der Waals surface area contributed by atoms with E-state index in [-0.39, 0.29) is 0 Å². The molecule has 0 radical (unpaired) electrons. The predicted molar refractivity (Wildman–Crippen MR) is 74.1 cm³/mol. The van der Waals surface area contributed by atoms with Crippen molar-refractivity contribution >= 4 is 13.0 Å². The van der Waals surface area contributed by atoms with Gasteiger partial charge in [-0.25, -0.2) is 4.68 Å². The number of para-hydroxylation sites is 1. The standard InChI is InChI=1S/C13H17N2O3P/c1-3-17-19(16,18-4-2)13-10-11-15(14-13)12-8-6-5-7-9-12/h5-11H,3-4H2,1-2H3. The van der Waals surface area contributed by atoms with E-state index in [1.54, 1.807) is 30.8 Å². The van der Waals surface area contributed by atoms with Crippen LogP contribution in [0.3, 0.4) is 0 Å². The van der Waals surface area contributed by atoms with Gasteiger partial charge in [0.25, 0.3) is 0 Å². The van der Waals surface area contributed by atoms with E-state index in [0.717, 1.165) is 5.69 Å². The Morgan fingerprint density at radius 2 is 1.74 bits per heavy atom. The molecule has 0 aliphatic rings. The van der Waals surface area contributed by atoms with Crippen molar-refractivity contribution in [3.8, 4) is 5.69 Å². The van der Waals surface area contributed by atoms with E-state index in [1.807, 2.05) is 30.3 Å². The summed E-state index contributed by atoms with van der Waals surface area (Å²) in [6.45, 7) is 4.19. The zero-order chi connectivity index (χ0) is 13.7. The molecule has 19 heavy (non-hydrogen) atoms. The Kier molecular flexibility index (Phi) is 4.53. The molecule has 0 saturated heterocycles. The number of rotatable bonds is 6. The van der Waals surface area contributed by atoms with Crippen molar-refractivity contribution < 1.29 is 13.6 Å². The summed E-state index contributed by atoms with van der Waals surface area (Å²) in [6, 6.07) is 11.3. The summed E-state index contributed by atoms with van der Waals surface area (Å²) in [7, 11) is -3.30. The lowest BCUT2D eigenvalue weighted by Gasteiger charge is -2.14. The molecule has 0 amide bonds. The Balaban J connectivity index is 2.32. The first-order valence-electron chi connectivity index (χ1n) is 6.20. The van der Waals surface area contributed by atoms with Crippen LogP contribution in [0.5, 0.6) is 0 Å². The van der Waals surface area contributed by atoms with Crippen LogP contribution in [-0.2, 0) is 13.6 Å². The second-order valence-corrected chi connectivity index (χ2v) is 5.76. The van der Waals surface area contributed by atoms with Gasteiger partial charge >= 0.3 is 7.60 Å². The lowest BCUT2D eigenvalue weighted by Crippen LogP contribution is -2.13. The van der Waals surface area contributed by atoms with Crippen LogP contribution in [0.15, 0.2) is 42.6 Å². The number of hydrogen-bond donors (Lipinski definition) is 0. The molecule has 0 spiro atoms. The maximum absolute atomic E-state index is 12.5. The third-order valence-electron chi connectivity index (χ3n) is 2.47. The van der Waals surface area contributed by atoms with E-state index in [0.29, 0.717) is 18.6 Å². The fourth-order valence-corrected chi connectivity index (χ4v) is 3.17. The molecule has 6 heteroatoms. The molecule has 0 aliphatic carbocycles. The minimum Gasteiger partial charge on any atom is -0.304 e. The molecule has 0 aliphatic heterocycles. The SMILES string of the molecule is CCOP(=O)(OCC)c1ccn(-c2ccccc2)n1. The Morgan fingerprint density at radius 1 is 1.11 bits per heavy atom. The first-order chi connectivity index (χ1) is 9.19. The van der Waals surface area contributed by atoms with E-state index in [9.17, 15) is 4.57 Å². The molecular formula is C13H17N2O3P. The lowest BCUT2D eigenvalue weighted by atomic mass is 10.3. The molecule has 0 saturated carbocycles. The number of hydrogen-bond acceptors (Lipinski definition) is 4. The van der Waals surface area contributed by atoms with Crippen LogP contribution < -0.4 is 5.44 Å². The summed E-state index contributed by atoms with van der Waals surface area (Å²) in [5.41, 5.74) is 1.23. The van der Waals surface area contributed by atoms with Gasteiger partial charge in [-0.3, -0.25) is 4.57 Å². The molecule has 0 unspecified atom stereocenters. The highest BCUT2D eigenvalue weighted by Gasteiger charge is 2.29. The maximum Gasteiger partial charge on any atom is 0.381 e. The molecule has 0 bridgehead atoms. The van der Waals surface area contributed by atoms with Crippen LogP contribution in [0, 0.1) is 0 Å². The highest BCUT2D eigenvalue weighted by Crippen LogP contribution is 2.46. The molecule has 0 N–H and O–H groups in total. The van der Waals surface area contributed by atoms with Crippen molar-refractivity contribution in [2.24, 2.45) is 0 Å². The van der Waals surface area contributed by atoms with Crippen molar-refractivity contribution in [1.29, 1.82) is 0 Å². The third-order valence-corrected chi connectivity index (χ3v) is 4.47. The summed E-state index contributed by atoms with van der Waals surface area (Å²) in [5, 5.41) is 4.29. The van der Waals surface area contributed by atoms with Gasteiger partial charge in [0.2, 0.25) is 0 Å². The van der Waals surface area contributed by atoms with E-state index in [4.69, 9.17) is 9.05 Å². The Labute approximate surface area is 112 Å². The summed E-state index contributed by atoms with van der Waals surface area (Å²) < 4.78 is 24.7. The minimum absolute atomic E-state index is 0.315. The van der Waals surface area contributed by atoms with Gasteiger partial charge in [-0.05, 0) is 32.0 Å². The minimum atomic E-state index is -3.30. The molecule has 2 aromatic rings. The van der Waals surface area contributed by atoms with Gasteiger partial charge in [0.1, 0.15) is 0 Å². The summed E-state index contributed by atoms with van der Waals surface area (Å²) >= 11 is 0. The van der Waals surface area contributed by atoms with Crippen LogP contribution in [-0.4, -0.2) is 23.0 Å². The second-order valence-electron chi connectivity index (χ2n) is 3.79. The Morgan fingerprint density at radius 3 is 2.32 bits per heavy atom. The average molecular weight is 280 g/mol. The van der Waals surface area contributed by atoms with Crippen LogP contribution in [0.1, 0.15) is 13.8 Å². The molecule has 1 heterocycles. The van der Waals surface area contributed by atoms with Gasteiger partial charge in [0.05, 0.1) is 18.9 Å². The Hall–Kier alpha value is -1.42. The quantitative estimate of drug-likeness (QED) is 0.763. The second kappa shape index (κ2) is 6.15. The molecule has 0 atom stereocenters. The molecule has 1 aromatic carbocycles. The van der Waals surface area contributed by atoms with E-state index in [2.05, 4.69) is 5.10 Å². The first kappa shape index (κ1) is 14.0. The maximum atomic E-state index is 12.5. The highest BCUT2D eigenvalue weighted by atomic mass is 31.2. The molecule has 1 aromatic heterocycles. The van der Waals surface area contributed by atoms with Crippen molar-refractivity contribution in [2.75, 3.05) is 13.2 Å². The zero-order valence-corrected chi connectivity index (χ0v) is 11.9. The smallest absolute Gasteiger partial charge is 0.304 e. The van der Waals surface area contributed by atoms with E-state index < -0.39 is 7.60 Å². The normalized spacial score (nSPS) is 11.7. The summed E-state index contributed by atoms with van der Waals surface area (Å²) in [6.07, 6.45) is 1.75. The first-order valence-corrected chi connectivity index (χ1v) is 7.74. The highest BCUT2D eigenvalue weighted by molar-refractivity contribution is 7.61. The van der Waals surface area contributed by atoms with Crippen molar-refractivity contribution in [2.45, 2.75) is 13.8 Å². The average Bonchev–Trinajstić information content (AvgIpc) is 2.90. The van der Waals surface area contributed by atoms with Crippen molar-refractivity contribution in [1.82, 2.24) is 9.78 Å². The van der Waals surface area contributed by atoms with Gasteiger partial charge in [0, 0.05) is 6.20 Å². The molecule has 5 nitrogen and oxygen atoms in total. The number of benzene rings is 1. The van der Waals surface area contributed by atoms with Crippen molar-refractivity contribution in [3.63, 3.8) is 0 Å². The van der Waals surface area contributed by atoms with Crippen molar-refractivity contribution in [3.05, 3.63) is 42.6 Å². The van der Waals surface area contributed by atoms with E-state index >= 15 is 0 Å². The molecule has 102 valence electrons. The van der Waals surface area contributed by atoms with Gasteiger partial charge in [0.15, 0.2) is 5.44 Å². The van der Waals surface area contributed by atoms with Crippen LogP contribution in [0.4, 0.5) is 0 Å². The van der Waals surface area contributed by atoms with Gasteiger partial charge in [-0.2, -0.15) is 5.10 Å². The van der Waals surface area contributed by atoms with Gasteiger partial charge in [-0.15, -0.1) is 0 Å².